The molecule has 0 amide bonds. The van der Waals surface area contributed by atoms with Crippen molar-refractivity contribution in [3.63, 3.8) is 0 Å². The third kappa shape index (κ3) is 3.39. The smallest absolute Gasteiger partial charge is 0.162 e. The van der Waals surface area contributed by atoms with Crippen LogP contribution in [0.2, 0.25) is 5.02 Å². The average molecular weight is 454 g/mol. The molecule has 2 heterocycles. The fraction of sp³-hybridized carbons (Fsp3) is 0.207. The second-order valence-electron chi connectivity index (χ2n) is 9.85. The molecule has 4 heteroatoms. The number of furan rings is 1. The molecule has 1 N–H and O–H groups in total. The maximum absolute atomic E-state index is 13.5. The lowest BCUT2D eigenvalue weighted by atomic mass is 9.69. The third-order valence-corrected chi connectivity index (χ3v) is 7.01. The molecule has 33 heavy (non-hydrogen) atoms. The van der Waals surface area contributed by atoms with Gasteiger partial charge in [0.25, 0.3) is 0 Å². The fourth-order valence-electron chi connectivity index (χ4n) is 5.39. The number of anilines is 1. The summed E-state index contributed by atoms with van der Waals surface area (Å²) in [5.74, 6) is 1.47. The summed E-state index contributed by atoms with van der Waals surface area (Å²) in [7, 11) is 0. The minimum atomic E-state index is -0.251. The zero-order chi connectivity index (χ0) is 22.7. The third-order valence-electron chi connectivity index (χ3n) is 6.77. The maximum Gasteiger partial charge on any atom is 0.162 e. The van der Waals surface area contributed by atoms with E-state index in [9.17, 15) is 4.79 Å². The van der Waals surface area contributed by atoms with Crippen LogP contribution < -0.4 is 5.32 Å². The van der Waals surface area contributed by atoms with Gasteiger partial charge in [-0.2, -0.15) is 0 Å². The molecule has 0 saturated carbocycles. The molecule has 164 valence electrons. The van der Waals surface area contributed by atoms with Crippen molar-refractivity contribution in [1.82, 2.24) is 0 Å². The highest BCUT2D eigenvalue weighted by atomic mass is 35.5. The standard InChI is InChI=1S/C29H24ClNO2/c1-29(2)15-22-27(23(32)16-29)28(25-13-12-24(33-25)18-7-5-8-19(30)14-18)26-20-9-4-3-6-17(20)10-11-21(26)31-22/h3-14,28,31H,15-16H2,1-2H3. The van der Waals surface area contributed by atoms with Gasteiger partial charge < -0.3 is 9.73 Å². The molecule has 0 bridgehead atoms. The van der Waals surface area contributed by atoms with Crippen molar-refractivity contribution in [1.29, 1.82) is 0 Å². The Morgan fingerprint density at radius 2 is 1.82 bits per heavy atom. The van der Waals surface area contributed by atoms with Crippen molar-refractivity contribution >= 4 is 33.8 Å². The number of halogens is 1. The number of benzene rings is 3. The van der Waals surface area contributed by atoms with E-state index in [4.69, 9.17) is 16.0 Å². The highest BCUT2D eigenvalue weighted by molar-refractivity contribution is 6.30. The number of hydrogen-bond acceptors (Lipinski definition) is 3. The minimum absolute atomic E-state index is 0.0725. The van der Waals surface area contributed by atoms with Crippen LogP contribution in [0.4, 0.5) is 5.69 Å². The molecular formula is C29H24ClNO2. The lowest BCUT2D eigenvalue weighted by Crippen LogP contribution is -2.33. The summed E-state index contributed by atoms with van der Waals surface area (Å²) in [6.45, 7) is 4.32. The van der Waals surface area contributed by atoms with Crippen LogP contribution in [-0.2, 0) is 4.79 Å². The molecule has 6 rings (SSSR count). The van der Waals surface area contributed by atoms with Crippen LogP contribution in [0.25, 0.3) is 22.1 Å². The molecule has 3 nitrogen and oxygen atoms in total. The van der Waals surface area contributed by atoms with Gasteiger partial charge in [-0.1, -0.05) is 67.9 Å². The Hall–Kier alpha value is -3.30. The lowest BCUT2D eigenvalue weighted by Gasteiger charge is -2.39. The first-order chi connectivity index (χ1) is 15.9. The van der Waals surface area contributed by atoms with E-state index in [0.29, 0.717) is 11.4 Å². The van der Waals surface area contributed by atoms with Crippen molar-refractivity contribution in [3.8, 4) is 11.3 Å². The molecule has 3 aromatic carbocycles. The first-order valence-electron chi connectivity index (χ1n) is 11.3. The van der Waals surface area contributed by atoms with Crippen LogP contribution in [0.5, 0.6) is 0 Å². The molecule has 1 atom stereocenters. The first-order valence-corrected chi connectivity index (χ1v) is 11.7. The Morgan fingerprint density at radius 3 is 2.67 bits per heavy atom. The minimum Gasteiger partial charge on any atom is -0.460 e. The second kappa shape index (κ2) is 7.36. The topological polar surface area (TPSA) is 42.2 Å². The number of rotatable bonds is 2. The summed E-state index contributed by atoms with van der Waals surface area (Å²) in [6.07, 6.45) is 1.37. The largest absolute Gasteiger partial charge is 0.460 e. The van der Waals surface area contributed by atoms with E-state index >= 15 is 0 Å². The van der Waals surface area contributed by atoms with Crippen molar-refractivity contribution in [3.05, 3.63) is 100 Å². The Morgan fingerprint density at radius 1 is 0.970 bits per heavy atom. The van der Waals surface area contributed by atoms with Gasteiger partial charge in [0.2, 0.25) is 0 Å². The summed E-state index contributed by atoms with van der Waals surface area (Å²) >= 11 is 6.22. The predicted octanol–water partition coefficient (Wildman–Crippen LogP) is 7.95. The van der Waals surface area contributed by atoms with E-state index in [-0.39, 0.29) is 17.1 Å². The average Bonchev–Trinajstić information content (AvgIpc) is 3.27. The summed E-state index contributed by atoms with van der Waals surface area (Å²) < 4.78 is 6.45. The summed E-state index contributed by atoms with van der Waals surface area (Å²) in [6, 6.07) is 24.2. The molecule has 2 aliphatic rings. The van der Waals surface area contributed by atoms with Crippen LogP contribution in [-0.4, -0.2) is 5.78 Å². The van der Waals surface area contributed by atoms with Crippen LogP contribution in [0.1, 0.15) is 43.9 Å². The molecular weight excluding hydrogens is 430 g/mol. The molecule has 4 aromatic rings. The molecule has 0 spiro atoms. The summed E-state index contributed by atoms with van der Waals surface area (Å²) in [5.41, 5.74) is 4.85. The van der Waals surface area contributed by atoms with Gasteiger partial charge in [-0.05, 0) is 58.5 Å². The van der Waals surface area contributed by atoms with Gasteiger partial charge in [-0.3, -0.25) is 4.79 Å². The molecule has 0 fully saturated rings. The van der Waals surface area contributed by atoms with Crippen molar-refractivity contribution < 1.29 is 9.21 Å². The van der Waals surface area contributed by atoms with Crippen LogP contribution in [0.15, 0.2) is 88.5 Å². The van der Waals surface area contributed by atoms with Gasteiger partial charge in [0.15, 0.2) is 5.78 Å². The Kier molecular flexibility index (Phi) is 4.53. The highest BCUT2D eigenvalue weighted by Gasteiger charge is 2.42. The number of ketones is 1. The Balaban J connectivity index is 1.58. The molecule has 1 unspecified atom stereocenters. The number of nitrogens with one attached hydrogen (secondary N) is 1. The van der Waals surface area contributed by atoms with E-state index in [1.807, 2.05) is 42.5 Å². The van der Waals surface area contributed by atoms with Gasteiger partial charge in [0.05, 0.1) is 5.92 Å². The Labute approximate surface area is 198 Å². The maximum atomic E-state index is 13.5. The van der Waals surface area contributed by atoms with Gasteiger partial charge in [-0.25, -0.2) is 0 Å². The summed E-state index contributed by atoms with van der Waals surface area (Å²) in [5, 5.41) is 6.57. The predicted molar refractivity (Wildman–Crippen MR) is 134 cm³/mol. The molecule has 1 aliphatic carbocycles. The number of carbonyl (C=O) groups is 1. The quantitative estimate of drug-likeness (QED) is 0.334. The fourth-order valence-corrected chi connectivity index (χ4v) is 5.58. The normalized spacial score (nSPS) is 19.2. The second-order valence-corrected chi connectivity index (χ2v) is 10.3. The van der Waals surface area contributed by atoms with Crippen molar-refractivity contribution in [2.75, 3.05) is 5.32 Å². The molecule has 0 radical (unpaired) electrons. The zero-order valence-electron chi connectivity index (χ0n) is 18.6. The molecule has 0 saturated heterocycles. The summed E-state index contributed by atoms with van der Waals surface area (Å²) in [4.78, 5) is 13.5. The zero-order valence-corrected chi connectivity index (χ0v) is 19.4. The lowest BCUT2D eigenvalue weighted by molar-refractivity contribution is -0.118. The van der Waals surface area contributed by atoms with Gasteiger partial charge in [0.1, 0.15) is 11.5 Å². The number of Topliss-reactive ketones (excluding diaryl/α,β-unsaturated/α-hetero) is 1. The van der Waals surface area contributed by atoms with E-state index in [1.54, 1.807) is 0 Å². The van der Waals surface area contributed by atoms with E-state index in [0.717, 1.165) is 56.8 Å². The van der Waals surface area contributed by atoms with Crippen molar-refractivity contribution in [2.45, 2.75) is 32.6 Å². The highest BCUT2D eigenvalue weighted by Crippen LogP contribution is 2.51. The van der Waals surface area contributed by atoms with Crippen LogP contribution in [0, 0.1) is 5.41 Å². The van der Waals surface area contributed by atoms with Gasteiger partial charge >= 0.3 is 0 Å². The van der Waals surface area contributed by atoms with Gasteiger partial charge in [0, 0.05) is 34.0 Å². The SMILES string of the molecule is CC1(C)CC(=O)C2=C(C1)Nc1ccc3ccccc3c1C2c1ccc(-c2cccc(Cl)c2)o1. The van der Waals surface area contributed by atoms with Crippen LogP contribution in [0.3, 0.4) is 0 Å². The molecule has 1 aliphatic heterocycles. The van der Waals surface area contributed by atoms with E-state index in [2.05, 4.69) is 49.5 Å². The number of allylic oxidation sites excluding steroid dienone is 2. The Bertz CT molecular complexity index is 1460. The number of hydrogen-bond donors (Lipinski definition) is 1. The van der Waals surface area contributed by atoms with Crippen molar-refractivity contribution in [2.24, 2.45) is 5.41 Å². The number of fused-ring (bicyclic) bond motifs is 3. The number of carbonyl (C=O) groups excluding carboxylic acids is 1. The monoisotopic (exact) mass is 453 g/mol. The van der Waals surface area contributed by atoms with Gasteiger partial charge in [-0.15, -0.1) is 0 Å². The first kappa shape index (κ1) is 20.3. The van der Waals surface area contributed by atoms with E-state index in [1.165, 1.54) is 0 Å². The van der Waals surface area contributed by atoms with E-state index < -0.39 is 0 Å². The van der Waals surface area contributed by atoms with Crippen LogP contribution >= 0.6 is 11.6 Å². The molecule has 1 aromatic heterocycles.